The van der Waals surface area contributed by atoms with Gasteiger partial charge in [0.15, 0.2) is 0 Å². The van der Waals surface area contributed by atoms with Gasteiger partial charge in [0.2, 0.25) is 0 Å². The normalized spacial score (nSPS) is 31.7. The lowest BCUT2D eigenvalue weighted by atomic mass is 9.85. The monoisotopic (exact) mass is 261 g/mol. The van der Waals surface area contributed by atoms with Crippen LogP contribution in [0.4, 0.5) is 0 Å². The van der Waals surface area contributed by atoms with E-state index in [0.29, 0.717) is 6.04 Å². The molecule has 2 fully saturated rings. The van der Waals surface area contributed by atoms with Crippen LogP contribution in [-0.4, -0.2) is 11.8 Å². The molecule has 0 saturated heterocycles. The molecule has 0 aromatic heterocycles. The number of nitrogens with two attached hydrogens (primary N) is 1. The zero-order valence-corrected chi connectivity index (χ0v) is 11.7. The molecular formula is C16H23NS. The third kappa shape index (κ3) is 2.92. The molecule has 1 aromatic carbocycles. The Morgan fingerprint density at radius 2 is 2.00 bits per heavy atom. The molecule has 2 saturated carbocycles. The van der Waals surface area contributed by atoms with Crippen molar-refractivity contribution in [3.05, 3.63) is 30.3 Å². The minimum Gasteiger partial charge on any atom is -0.327 e. The predicted octanol–water partition coefficient (Wildman–Crippen LogP) is 3.93. The smallest absolute Gasteiger partial charge is 0.0136 e. The number of hydrogen-bond donors (Lipinski definition) is 1. The van der Waals surface area contributed by atoms with Crippen molar-refractivity contribution >= 4 is 11.8 Å². The summed E-state index contributed by atoms with van der Waals surface area (Å²) in [6.45, 7) is 0. The fourth-order valence-electron chi connectivity index (χ4n) is 3.84. The molecule has 4 atom stereocenters. The molecule has 0 spiro atoms. The molecule has 1 nitrogen and oxygen atoms in total. The quantitative estimate of drug-likeness (QED) is 0.813. The average Bonchev–Trinajstić information content (AvgIpc) is 3.00. The van der Waals surface area contributed by atoms with Gasteiger partial charge in [0.1, 0.15) is 0 Å². The van der Waals surface area contributed by atoms with E-state index in [2.05, 4.69) is 30.3 Å². The summed E-state index contributed by atoms with van der Waals surface area (Å²) in [5, 5.41) is 0. The van der Waals surface area contributed by atoms with Gasteiger partial charge in [-0.1, -0.05) is 24.6 Å². The van der Waals surface area contributed by atoms with E-state index >= 15 is 0 Å². The molecule has 2 aliphatic carbocycles. The summed E-state index contributed by atoms with van der Waals surface area (Å²) in [6, 6.07) is 11.0. The van der Waals surface area contributed by atoms with Gasteiger partial charge in [0.05, 0.1) is 0 Å². The second kappa shape index (κ2) is 5.66. The van der Waals surface area contributed by atoms with E-state index < -0.39 is 0 Å². The molecule has 0 aliphatic heterocycles. The maximum atomic E-state index is 6.31. The summed E-state index contributed by atoms with van der Waals surface area (Å²) in [5.74, 6) is 4.07. The third-order valence-electron chi connectivity index (χ3n) is 4.70. The summed E-state index contributed by atoms with van der Waals surface area (Å²) in [4.78, 5) is 1.35. The van der Waals surface area contributed by atoms with Gasteiger partial charge in [-0.15, -0.1) is 11.8 Å². The number of fused-ring (bicyclic) bond motifs is 2. The van der Waals surface area contributed by atoms with Crippen molar-refractivity contribution in [2.75, 3.05) is 5.75 Å². The van der Waals surface area contributed by atoms with Crippen molar-refractivity contribution in [3.63, 3.8) is 0 Å². The molecule has 2 N–H and O–H groups in total. The predicted molar refractivity (Wildman–Crippen MR) is 78.7 cm³/mol. The first-order valence-electron chi connectivity index (χ1n) is 7.24. The fraction of sp³-hybridized carbons (Fsp3) is 0.625. The minimum atomic E-state index is 0.375. The minimum absolute atomic E-state index is 0.375. The van der Waals surface area contributed by atoms with E-state index in [1.54, 1.807) is 0 Å². The van der Waals surface area contributed by atoms with Gasteiger partial charge < -0.3 is 5.73 Å². The van der Waals surface area contributed by atoms with Crippen LogP contribution in [0.1, 0.15) is 32.1 Å². The first-order valence-corrected chi connectivity index (χ1v) is 8.23. The molecule has 4 unspecified atom stereocenters. The van der Waals surface area contributed by atoms with Crippen LogP contribution >= 0.6 is 11.8 Å². The van der Waals surface area contributed by atoms with E-state index in [4.69, 9.17) is 5.73 Å². The summed E-state index contributed by atoms with van der Waals surface area (Å²) in [7, 11) is 0. The van der Waals surface area contributed by atoms with Crippen molar-refractivity contribution in [2.24, 2.45) is 23.5 Å². The van der Waals surface area contributed by atoms with Crippen molar-refractivity contribution in [3.8, 4) is 0 Å². The Morgan fingerprint density at radius 1 is 1.17 bits per heavy atom. The van der Waals surface area contributed by atoms with E-state index in [9.17, 15) is 0 Å². The Morgan fingerprint density at radius 3 is 2.67 bits per heavy atom. The van der Waals surface area contributed by atoms with Crippen LogP contribution in [0.15, 0.2) is 35.2 Å². The van der Waals surface area contributed by atoms with Gasteiger partial charge in [-0.3, -0.25) is 0 Å². The van der Waals surface area contributed by atoms with Gasteiger partial charge in [-0.25, -0.2) is 0 Å². The number of rotatable bonds is 5. The van der Waals surface area contributed by atoms with Crippen LogP contribution in [0.2, 0.25) is 0 Å². The topological polar surface area (TPSA) is 26.0 Å². The number of hydrogen-bond acceptors (Lipinski definition) is 2. The van der Waals surface area contributed by atoms with Crippen molar-refractivity contribution in [2.45, 2.75) is 43.0 Å². The van der Waals surface area contributed by atoms with E-state index in [1.807, 2.05) is 11.8 Å². The van der Waals surface area contributed by atoms with Gasteiger partial charge in [0, 0.05) is 16.7 Å². The van der Waals surface area contributed by atoms with Gasteiger partial charge in [-0.05, 0) is 55.6 Å². The first-order chi connectivity index (χ1) is 8.81. The molecule has 2 aliphatic rings. The molecule has 3 rings (SSSR count). The Bertz CT molecular complexity index is 378. The molecule has 98 valence electrons. The summed E-state index contributed by atoms with van der Waals surface area (Å²) < 4.78 is 0. The Kier molecular flexibility index (Phi) is 3.95. The van der Waals surface area contributed by atoms with Crippen LogP contribution in [0, 0.1) is 17.8 Å². The average molecular weight is 261 g/mol. The lowest BCUT2D eigenvalue weighted by Crippen LogP contribution is -2.28. The molecule has 0 heterocycles. The molecule has 0 radical (unpaired) electrons. The van der Waals surface area contributed by atoms with Gasteiger partial charge >= 0.3 is 0 Å². The zero-order valence-electron chi connectivity index (χ0n) is 10.9. The van der Waals surface area contributed by atoms with E-state index in [1.165, 1.54) is 37.0 Å². The van der Waals surface area contributed by atoms with E-state index in [0.717, 1.165) is 23.5 Å². The summed E-state index contributed by atoms with van der Waals surface area (Å²) in [5.41, 5.74) is 6.31. The molecule has 0 amide bonds. The largest absolute Gasteiger partial charge is 0.327 e. The molecule has 18 heavy (non-hydrogen) atoms. The SMILES string of the molecule is NC(CSc1ccccc1)CC1CC2CCC1C2. The summed E-state index contributed by atoms with van der Waals surface area (Å²) >= 11 is 1.91. The van der Waals surface area contributed by atoms with Crippen molar-refractivity contribution < 1.29 is 0 Å². The van der Waals surface area contributed by atoms with Crippen LogP contribution in [0.5, 0.6) is 0 Å². The highest BCUT2D eigenvalue weighted by atomic mass is 32.2. The van der Waals surface area contributed by atoms with Gasteiger partial charge in [0.25, 0.3) is 0 Å². The Balaban J connectivity index is 1.43. The zero-order chi connectivity index (χ0) is 12.4. The third-order valence-corrected chi connectivity index (χ3v) is 5.90. The van der Waals surface area contributed by atoms with Crippen LogP contribution in [0.25, 0.3) is 0 Å². The van der Waals surface area contributed by atoms with E-state index in [-0.39, 0.29) is 0 Å². The maximum absolute atomic E-state index is 6.31. The second-order valence-corrected chi connectivity index (χ2v) is 7.15. The second-order valence-electron chi connectivity index (χ2n) is 6.05. The maximum Gasteiger partial charge on any atom is 0.0136 e. The molecular weight excluding hydrogens is 238 g/mol. The van der Waals surface area contributed by atoms with Crippen molar-refractivity contribution in [1.29, 1.82) is 0 Å². The molecule has 2 bridgehead atoms. The molecule has 2 heteroatoms. The highest BCUT2D eigenvalue weighted by molar-refractivity contribution is 7.99. The Hall–Kier alpha value is -0.470. The van der Waals surface area contributed by atoms with Gasteiger partial charge in [-0.2, -0.15) is 0 Å². The van der Waals surface area contributed by atoms with Crippen LogP contribution < -0.4 is 5.73 Å². The lowest BCUT2D eigenvalue weighted by Gasteiger charge is -2.24. The summed E-state index contributed by atoms with van der Waals surface area (Å²) in [6.07, 6.45) is 7.20. The van der Waals surface area contributed by atoms with Crippen molar-refractivity contribution in [1.82, 2.24) is 0 Å². The highest BCUT2D eigenvalue weighted by Gasteiger charge is 2.39. The van der Waals surface area contributed by atoms with Crippen LogP contribution in [-0.2, 0) is 0 Å². The fourth-order valence-corrected chi connectivity index (χ4v) is 4.73. The Labute approximate surface area is 115 Å². The highest BCUT2D eigenvalue weighted by Crippen LogP contribution is 2.49. The number of benzene rings is 1. The standard InChI is InChI=1S/C16H23NS/c17-15(11-18-16-4-2-1-3-5-16)10-14-9-12-6-7-13(14)8-12/h1-5,12-15H,6-11,17H2. The lowest BCUT2D eigenvalue weighted by molar-refractivity contribution is 0.301. The molecule has 1 aromatic rings. The number of thioether (sulfide) groups is 1. The first kappa shape index (κ1) is 12.6. The van der Waals surface area contributed by atoms with Crippen LogP contribution in [0.3, 0.4) is 0 Å².